The summed E-state index contributed by atoms with van der Waals surface area (Å²) in [5.41, 5.74) is 0. The molecule has 0 atom stereocenters. The number of carboxylic acid groups (broad SMARTS) is 1. The van der Waals surface area contributed by atoms with Gasteiger partial charge in [-0.1, -0.05) is 197 Å². The summed E-state index contributed by atoms with van der Waals surface area (Å²) < 4.78 is -24.3. The predicted octanol–water partition coefficient (Wildman–Crippen LogP) is 9.66. The van der Waals surface area contributed by atoms with Gasteiger partial charge in [0.2, 0.25) is 12.5 Å². The minimum atomic E-state index is -3.18. The van der Waals surface area contributed by atoms with E-state index in [1.165, 1.54) is 0 Å². The average molecular weight is 744 g/mol. The van der Waals surface area contributed by atoms with Crippen LogP contribution in [0.5, 0.6) is 0 Å². The van der Waals surface area contributed by atoms with Gasteiger partial charge in [0.1, 0.15) is 0 Å². The minimum Gasteiger partial charge on any atom is -0.479 e. The van der Waals surface area contributed by atoms with E-state index in [4.69, 9.17) is 202 Å². The summed E-state index contributed by atoms with van der Waals surface area (Å²) in [5, 5.41) is 9.16. The van der Waals surface area contributed by atoms with Crippen LogP contribution in [-0.2, 0) is 4.79 Å². The summed E-state index contributed by atoms with van der Waals surface area (Å²) in [6.07, 6.45) is 0. The van der Waals surface area contributed by atoms with Crippen molar-refractivity contribution in [2.75, 3.05) is 0 Å². The molecule has 0 spiro atoms. The van der Waals surface area contributed by atoms with E-state index in [-0.39, 0.29) is 0 Å². The van der Waals surface area contributed by atoms with Crippen molar-refractivity contribution in [2.45, 2.75) is 34.1 Å². The van der Waals surface area contributed by atoms with Crippen LogP contribution in [0.2, 0.25) is 0 Å². The van der Waals surface area contributed by atoms with Crippen molar-refractivity contribution < 1.29 is 9.90 Å². The van der Waals surface area contributed by atoms with E-state index >= 15 is 0 Å². The molecule has 0 aliphatic carbocycles. The molecular weight excluding hydrogens is 743 g/mol. The molecule has 0 aromatic heterocycles. The third-order valence-corrected chi connectivity index (χ3v) is 14.4. The molecule has 19 heteroatoms. The Labute approximate surface area is 244 Å². The normalized spacial score (nSPS) is 16.3. The summed E-state index contributed by atoms with van der Waals surface area (Å²) in [4.78, 5) is 11.3. The Bertz CT molecular complexity index is 615. The molecule has 0 radical (unpaired) electrons. The highest BCUT2D eigenvalue weighted by atomic mass is 35.6. The lowest BCUT2D eigenvalue weighted by Gasteiger charge is -2.53. The maximum absolute atomic E-state index is 11.3. The first-order valence-corrected chi connectivity index (χ1v) is 12.1. The molecule has 0 aromatic rings. The highest BCUT2D eigenvalue weighted by molar-refractivity contribution is 6.83. The summed E-state index contributed by atoms with van der Waals surface area (Å²) >= 11 is 100. The van der Waals surface area contributed by atoms with Gasteiger partial charge in [-0.25, -0.2) is 4.79 Å². The van der Waals surface area contributed by atoms with Gasteiger partial charge in [-0.15, -0.1) is 0 Å². The molecular formula is C9HCl17O2. The molecule has 0 rings (SSSR count). The number of halogens is 17. The van der Waals surface area contributed by atoms with Crippen LogP contribution in [0, 0.1) is 0 Å². The number of hydrogen-bond acceptors (Lipinski definition) is 1. The summed E-state index contributed by atoms with van der Waals surface area (Å²) in [7, 11) is 0. The predicted molar refractivity (Wildman–Crippen MR) is 129 cm³/mol. The standard InChI is InChI=1S/C9HCl17O2/c10-2(11,1(27)28)3(12,13)4(14,15)5(16,17)6(18,19)7(20,21)8(22,23)9(24,25)26/h(H,27,28). The monoisotopic (exact) mass is 735 g/mol. The van der Waals surface area contributed by atoms with Gasteiger partial charge in [0.25, 0.3) is 0 Å². The van der Waals surface area contributed by atoms with Crippen molar-refractivity contribution in [3.63, 3.8) is 0 Å². The zero-order valence-corrected chi connectivity index (χ0v) is 24.6. The van der Waals surface area contributed by atoms with Gasteiger partial charge < -0.3 is 5.11 Å². The molecule has 0 unspecified atom stereocenters. The molecule has 0 saturated carbocycles. The van der Waals surface area contributed by atoms with E-state index in [2.05, 4.69) is 0 Å². The molecule has 168 valence electrons. The van der Waals surface area contributed by atoms with Crippen molar-refractivity contribution in [3.05, 3.63) is 0 Å². The smallest absolute Gasteiger partial charge is 0.343 e. The second-order valence-electron chi connectivity index (χ2n) is 4.82. The largest absolute Gasteiger partial charge is 0.479 e. The number of alkyl halides is 17. The number of hydrogen-bond donors (Lipinski definition) is 1. The zero-order valence-electron chi connectivity index (χ0n) is 11.8. The molecule has 2 nitrogen and oxygen atoms in total. The molecule has 0 fully saturated rings. The quantitative estimate of drug-likeness (QED) is 0.264. The second-order valence-corrected chi connectivity index (χ2v) is 16.4. The van der Waals surface area contributed by atoms with E-state index in [1.54, 1.807) is 0 Å². The zero-order chi connectivity index (χ0) is 23.6. The number of rotatable bonds is 7. The van der Waals surface area contributed by atoms with Crippen LogP contribution in [0.1, 0.15) is 0 Å². The number of carbonyl (C=O) groups is 1. The van der Waals surface area contributed by atoms with Crippen molar-refractivity contribution >= 4 is 203 Å². The average Bonchev–Trinajstić information content (AvgIpc) is 2.44. The van der Waals surface area contributed by atoms with Crippen LogP contribution >= 0.6 is 197 Å². The van der Waals surface area contributed by atoms with Gasteiger partial charge in [-0.05, 0) is 0 Å². The van der Waals surface area contributed by atoms with Gasteiger partial charge in [0.15, 0.2) is 21.7 Å². The molecule has 0 heterocycles. The highest BCUT2D eigenvalue weighted by Crippen LogP contribution is 2.72. The van der Waals surface area contributed by atoms with Crippen molar-refractivity contribution in [2.24, 2.45) is 0 Å². The topological polar surface area (TPSA) is 37.3 Å². The first-order chi connectivity index (χ1) is 11.7. The lowest BCUT2D eigenvalue weighted by molar-refractivity contribution is -0.138. The number of aliphatic carboxylic acids is 1. The molecule has 0 bridgehead atoms. The van der Waals surface area contributed by atoms with Gasteiger partial charge in [0.05, 0.1) is 0 Å². The maximum atomic E-state index is 11.3. The van der Waals surface area contributed by atoms with Crippen LogP contribution in [0.3, 0.4) is 0 Å². The summed E-state index contributed by atoms with van der Waals surface area (Å²) in [6.45, 7) is 0. The highest BCUT2D eigenvalue weighted by Gasteiger charge is 2.81. The fourth-order valence-corrected chi connectivity index (χ4v) is 6.26. The Hall–Kier alpha value is 4.40. The minimum absolute atomic E-state index is 2.02. The SMILES string of the molecule is O=C(O)C(Cl)(Cl)C(Cl)(Cl)C(Cl)(Cl)C(Cl)(Cl)C(Cl)(Cl)C(Cl)(Cl)C(Cl)(Cl)C(Cl)(Cl)Cl. The van der Waals surface area contributed by atoms with Gasteiger partial charge in [0, 0.05) is 0 Å². The first-order valence-electron chi connectivity index (χ1n) is 5.64. The lowest BCUT2D eigenvalue weighted by atomic mass is 10.0. The van der Waals surface area contributed by atoms with Crippen LogP contribution in [0.25, 0.3) is 0 Å². The van der Waals surface area contributed by atoms with Crippen molar-refractivity contribution in [1.29, 1.82) is 0 Å². The molecule has 28 heavy (non-hydrogen) atoms. The van der Waals surface area contributed by atoms with Crippen LogP contribution in [-0.4, -0.2) is 45.2 Å². The fraction of sp³-hybridized carbons (Fsp3) is 0.889. The maximum Gasteiger partial charge on any atom is 0.343 e. The van der Waals surface area contributed by atoms with E-state index in [9.17, 15) is 4.79 Å². The van der Waals surface area contributed by atoms with E-state index in [0.29, 0.717) is 0 Å². The first kappa shape index (κ1) is 32.4. The van der Waals surface area contributed by atoms with Crippen LogP contribution in [0.4, 0.5) is 0 Å². The van der Waals surface area contributed by atoms with Crippen LogP contribution in [0.15, 0.2) is 0 Å². The Kier molecular flexibility index (Phi) is 10.9. The van der Waals surface area contributed by atoms with Crippen molar-refractivity contribution in [3.8, 4) is 0 Å². The molecule has 1 N–H and O–H groups in total. The summed E-state index contributed by atoms with van der Waals surface area (Å²) in [5.74, 6) is -2.02. The third-order valence-electron chi connectivity index (χ3n) is 2.99. The van der Waals surface area contributed by atoms with Gasteiger partial charge in [-0.3, -0.25) is 0 Å². The molecule has 0 aliphatic rings. The van der Waals surface area contributed by atoms with E-state index in [0.717, 1.165) is 0 Å². The van der Waals surface area contributed by atoms with E-state index in [1.807, 2.05) is 0 Å². The fourth-order valence-electron chi connectivity index (χ4n) is 1.30. The molecule has 0 aliphatic heterocycles. The Balaban J connectivity index is 6.76. The third kappa shape index (κ3) is 4.88. The molecule has 0 saturated heterocycles. The van der Waals surface area contributed by atoms with Gasteiger partial charge in [-0.2, -0.15) is 0 Å². The second kappa shape index (κ2) is 9.45. The van der Waals surface area contributed by atoms with Gasteiger partial charge >= 0.3 is 5.97 Å². The Morgan fingerprint density at radius 2 is 0.643 bits per heavy atom. The number of carboxylic acids is 1. The molecule has 0 aromatic carbocycles. The lowest BCUT2D eigenvalue weighted by Crippen LogP contribution is -2.70. The van der Waals surface area contributed by atoms with Crippen molar-refractivity contribution in [1.82, 2.24) is 0 Å². The molecule has 0 amide bonds. The Morgan fingerprint density at radius 1 is 0.429 bits per heavy atom. The van der Waals surface area contributed by atoms with E-state index < -0.39 is 40.1 Å². The van der Waals surface area contributed by atoms with Crippen LogP contribution < -0.4 is 0 Å². The Morgan fingerprint density at radius 3 is 0.857 bits per heavy atom. The summed E-state index contributed by atoms with van der Waals surface area (Å²) in [6, 6.07) is 0.